The van der Waals surface area contributed by atoms with E-state index in [1.54, 1.807) is 6.20 Å². The molecular formula is C34H46FN5O2. The Bertz CT molecular complexity index is 1190. The van der Waals surface area contributed by atoms with Crippen LogP contribution in [0.15, 0.2) is 72.9 Å². The van der Waals surface area contributed by atoms with Gasteiger partial charge in [0.05, 0.1) is 6.61 Å². The third kappa shape index (κ3) is 11.1. The molecule has 0 bridgehead atoms. The molecule has 1 saturated heterocycles. The number of halogens is 1. The monoisotopic (exact) mass is 575 g/mol. The van der Waals surface area contributed by atoms with E-state index >= 15 is 0 Å². The molecule has 2 aromatic carbocycles. The van der Waals surface area contributed by atoms with E-state index in [9.17, 15) is 9.18 Å². The number of amides is 2. The summed E-state index contributed by atoms with van der Waals surface area (Å²) in [6, 6.07) is 20.8. The number of aromatic nitrogens is 1. The van der Waals surface area contributed by atoms with Gasteiger partial charge in [0, 0.05) is 37.4 Å². The molecular weight excluding hydrogens is 529 g/mol. The molecule has 1 unspecified atom stereocenters. The van der Waals surface area contributed by atoms with Crippen molar-refractivity contribution in [3.8, 4) is 5.75 Å². The Labute approximate surface area is 250 Å². The van der Waals surface area contributed by atoms with Crippen LogP contribution in [0.25, 0.3) is 0 Å². The van der Waals surface area contributed by atoms with Crippen molar-refractivity contribution in [2.24, 2.45) is 0 Å². The topological polar surface area (TPSA) is 69.7 Å². The minimum atomic E-state index is -0.232. The Kier molecular flexibility index (Phi) is 13.1. The Hall–Kier alpha value is -3.49. The van der Waals surface area contributed by atoms with Crippen molar-refractivity contribution < 1.29 is 13.9 Å². The van der Waals surface area contributed by atoms with Crippen LogP contribution in [-0.2, 0) is 6.54 Å². The molecule has 4 rings (SSSR count). The SMILES string of the molecule is CN(CCCNC(=O)NCCCOc1cccc(CN2CCCCC2)c1)CCC(c1ccc(F)cc1)c1ccccn1. The minimum Gasteiger partial charge on any atom is -0.494 e. The third-order valence-electron chi connectivity index (χ3n) is 7.75. The maximum absolute atomic E-state index is 13.5. The third-order valence-corrected chi connectivity index (χ3v) is 7.75. The van der Waals surface area contributed by atoms with E-state index in [4.69, 9.17) is 4.74 Å². The number of rotatable bonds is 16. The molecule has 0 saturated carbocycles. The number of piperidine rings is 1. The van der Waals surface area contributed by atoms with Gasteiger partial charge in [0.15, 0.2) is 0 Å². The van der Waals surface area contributed by atoms with Gasteiger partial charge in [0.1, 0.15) is 11.6 Å². The number of ether oxygens (including phenoxy) is 1. The van der Waals surface area contributed by atoms with Gasteiger partial charge in [-0.05, 0) is 113 Å². The Balaban J connectivity index is 1.06. The predicted octanol–water partition coefficient (Wildman–Crippen LogP) is 5.82. The number of carbonyl (C=O) groups is 1. The lowest BCUT2D eigenvalue weighted by Gasteiger charge is -2.26. The van der Waals surface area contributed by atoms with Gasteiger partial charge in [-0.15, -0.1) is 0 Å². The standard InChI is InChI=1S/C34H46FN5O2/c1-39(24-17-32(33-12-3-4-18-36-33)29-13-15-30(35)16-14-29)21-8-19-37-34(41)38-20-9-25-42-31-11-7-10-28(26-31)27-40-22-5-2-6-23-40/h3-4,7,10-16,18,26,32H,2,5-6,8-9,17,19-25,27H2,1H3,(H2,37,38,41). The number of nitrogens with one attached hydrogen (secondary N) is 2. The molecule has 1 aromatic heterocycles. The maximum Gasteiger partial charge on any atom is 0.314 e. The predicted molar refractivity (Wildman–Crippen MR) is 166 cm³/mol. The molecule has 8 heteroatoms. The fraction of sp³-hybridized carbons (Fsp3) is 0.471. The Morgan fingerprint density at radius 3 is 2.52 bits per heavy atom. The highest BCUT2D eigenvalue weighted by atomic mass is 19.1. The lowest BCUT2D eigenvalue weighted by atomic mass is 9.91. The molecule has 1 aliphatic rings. The lowest BCUT2D eigenvalue weighted by Crippen LogP contribution is -2.37. The highest BCUT2D eigenvalue weighted by molar-refractivity contribution is 5.73. The number of urea groups is 1. The van der Waals surface area contributed by atoms with E-state index in [0.717, 1.165) is 55.9 Å². The average molecular weight is 576 g/mol. The molecule has 0 spiro atoms. The maximum atomic E-state index is 13.5. The van der Waals surface area contributed by atoms with Gasteiger partial charge in [-0.1, -0.05) is 36.8 Å². The van der Waals surface area contributed by atoms with Crippen molar-refractivity contribution >= 4 is 6.03 Å². The number of likely N-dealkylation sites (tertiary alicyclic amines) is 1. The Morgan fingerprint density at radius 1 is 0.976 bits per heavy atom. The fourth-order valence-electron chi connectivity index (χ4n) is 5.41. The van der Waals surface area contributed by atoms with Crippen LogP contribution in [0.3, 0.4) is 0 Å². The molecule has 1 fully saturated rings. The number of pyridine rings is 1. The second-order valence-electron chi connectivity index (χ2n) is 11.2. The first kappa shape index (κ1) is 31.4. The van der Waals surface area contributed by atoms with Gasteiger partial charge >= 0.3 is 6.03 Å². The number of hydrogen-bond acceptors (Lipinski definition) is 5. The largest absolute Gasteiger partial charge is 0.494 e. The highest BCUT2D eigenvalue weighted by Gasteiger charge is 2.16. The van der Waals surface area contributed by atoms with Gasteiger partial charge in [-0.2, -0.15) is 0 Å². The van der Waals surface area contributed by atoms with Gasteiger partial charge < -0.3 is 20.3 Å². The van der Waals surface area contributed by atoms with E-state index in [1.165, 1.54) is 50.0 Å². The fourth-order valence-corrected chi connectivity index (χ4v) is 5.41. The van der Waals surface area contributed by atoms with Crippen LogP contribution in [0.2, 0.25) is 0 Å². The van der Waals surface area contributed by atoms with E-state index in [1.807, 2.05) is 36.4 Å². The molecule has 1 atom stereocenters. The summed E-state index contributed by atoms with van der Waals surface area (Å²) in [6.45, 7) is 6.82. The Morgan fingerprint density at radius 2 is 1.76 bits per heavy atom. The van der Waals surface area contributed by atoms with E-state index in [2.05, 4.69) is 50.7 Å². The summed E-state index contributed by atoms with van der Waals surface area (Å²) < 4.78 is 19.4. The average Bonchev–Trinajstić information content (AvgIpc) is 3.01. The summed E-state index contributed by atoms with van der Waals surface area (Å²) in [4.78, 5) is 21.5. The number of nitrogens with zero attached hydrogens (tertiary/aromatic N) is 3. The molecule has 2 heterocycles. The first-order valence-corrected chi connectivity index (χ1v) is 15.4. The number of hydrogen-bond donors (Lipinski definition) is 2. The molecule has 2 N–H and O–H groups in total. The zero-order valence-corrected chi connectivity index (χ0v) is 24.9. The van der Waals surface area contributed by atoms with Crippen molar-refractivity contribution in [1.29, 1.82) is 0 Å². The van der Waals surface area contributed by atoms with Crippen LogP contribution in [0, 0.1) is 5.82 Å². The molecule has 0 radical (unpaired) electrons. The zero-order chi connectivity index (χ0) is 29.4. The molecule has 0 aliphatic carbocycles. The highest BCUT2D eigenvalue weighted by Crippen LogP contribution is 2.27. The van der Waals surface area contributed by atoms with E-state index < -0.39 is 0 Å². The van der Waals surface area contributed by atoms with Gasteiger partial charge in [-0.3, -0.25) is 9.88 Å². The quantitative estimate of drug-likeness (QED) is 0.211. The normalized spacial score (nSPS) is 14.5. The van der Waals surface area contributed by atoms with Gasteiger partial charge in [-0.25, -0.2) is 9.18 Å². The summed E-state index contributed by atoms with van der Waals surface area (Å²) in [6.07, 6.45) is 8.21. The van der Waals surface area contributed by atoms with Crippen molar-refractivity contribution in [3.05, 3.63) is 95.6 Å². The second-order valence-corrected chi connectivity index (χ2v) is 11.2. The first-order chi connectivity index (χ1) is 20.6. The molecule has 3 aromatic rings. The number of benzene rings is 2. The summed E-state index contributed by atoms with van der Waals surface area (Å²) >= 11 is 0. The molecule has 42 heavy (non-hydrogen) atoms. The van der Waals surface area contributed by atoms with Crippen LogP contribution < -0.4 is 15.4 Å². The lowest BCUT2D eigenvalue weighted by molar-refractivity contribution is 0.220. The van der Waals surface area contributed by atoms with Crippen LogP contribution in [0.5, 0.6) is 5.75 Å². The summed E-state index contributed by atoms with van der Waals surface area (Å²) in [7, 11) is 2.09. The van der Waals surface area contributed by atoms with Crippen molar-refractivity contribution in [2.75, 3.05) is 52.9 Å². The number of carbonyl (C=O) groups excluding carboxylic acids is 1. The summed E-state index contributed by atoms with van der Waals surface area (Å²) in [5, 5.41) is 5.87. The molecule has 226 valence electrons. The smallest absolute Gasteiger partial charge is 0.314 e. The van der Waals surface area contributed by atoms with E-state index in [0.29, 0.717) is 19.7 Å². The van der Waals surface area contributed by atoms with Crippen molar-refractivity contribution in [3.63, 3.8) is 0 Å². The summed E-state index contributed by atoms with van der Waals surface area (Å²) in [5.41, 5.74) is 3.34. The molecule has 2 amide bonds. The van der Waals surface area contributed by atoms with Crippen molar-refractivity contribution in [2.45, 2.75) is 51.0 Å². The molecule has 7 nitrogen and oxygen atoms in total. The van der Waals surface area contributed by atoms with Crippen LogP contribution in [0.4, 0.5) is 9.18 Å². The van der Waals surface area contributed by atoms with Gasteiger partial charge in [0.2, 0.25) is 0 Å². The second kappa shape index (κ2) is 17.5. The zero-order valence-electron chi connectivity index (χ0n) is 24.9. The first-order valence-electron chi connectivity index (χ1n) is 15.4. The van der Waals surface area contributed by atoms with Crippen LogP contribution in [0.1, 0.15) is 61.3 Å². The van der Waals surface area contributed by atoms with Crippen LogP contribution >= 0.6 is 0 Å². The van der Waals surface area contributed by atoms with Crippen molar-refractivity contribution in [1.82, 2.24) is 25.4 Å². The minimum absolute atomic E-state index is 0.102. The van der Waals surface area contributed by atoms with Crippen LogP contribution in [-0.4, -0.2) is 73.7 Å². The summed E-state index contributed by atoms with van der Waals surface area (Å²) in [5.74, 6) is 0.761. The van der Waals surface area contributed by atoms with E-state index in [-0.39, 0.29) is 17.8 Å². The van der Waals surface area contributed by atoms with Gasteiger partial charge in [0.25, 0.3) is 0 Å². The molecule has 1 aliphatic heterocycles.